The van der Waals surface area contributed by atoms with Crippen LogP contribution in [-0.4, -0.2) is 36.3 Å². The van der Waals surface area contributed by atoms with Gasteiger partial charge in [0.25, 0.3) is 0 Å². The summed E-state index contributed by atoms with van der Waals surface area (Å²) in [6, 6.07) is 13.3. The van der Waals surface area contributed by atoms with Crippen LogP contribution >= 0.6 is 34.2 Å². The Morgan fingerprint density at radius 1 is 0.500 bits per heavy atom. The first kappa shape index (κ1) is 43.7. The Balaban J connectivity index is 0.000000289. The standard InChI is InChI=1S/2C5H6O.2C4H4O.C4H4S.2C3H3NO.2C3H3NS.C2H2N2O/c2*1-2-4-6-5-3-1;3*1-2-4-5-3-1;3*1-2-5-3-4-1;1-2-4-5-3-1;1-2-5-4-3-1/h2-5H,1H2;1-4H,5H2;3*1-4H;4*1-3H;1-2H. The number of nitrogens with zero attached hydrogens (tertiary/aromatic N) is 6. The lowest BCUT2D eigenvalue weighted by Crippen LogP contribution is -1.82. The molecular formula is C36H38N6O7S3. The highest BCUT2D eigenvalue weighted by Crippen LogP contribution is 1.94. The predicted octanol–water partition coefficient (Wildman–Crippen LogP) is 10.5. The van der Waals surface area contributed by atoms with E-state index in [0.29, 0.717) is 0 Å². The Morgan fingerprint density at radius 2 is 1.19 bits per heavy atom. The summed E-state index contributed by atoms with van der Waals surface area (Å²) in [6.07, 6.45) is 37.6. The summed E-state index contributed by atoms with van der Waals surface area (Å²) in [5, 5.41) is 14.3. The summed E-state index contributed by atoms with van der Waals surface area (Å²) in [4.78, 5) is 10.9. The maximum absolute atomic E-state index is 4.80. The van der Waals surface area contributed by atoms with Crippen LogP contribution in [0.2, 0.25) is 0 Å². The highest BCUT2D eigenvalue weighted by atomic mass is 32.1. The lowest BCUT2D eigenvalue weighted by Gasteiger charge is -1.94. The van der Waals surface area contributed by atoms with Gasteiger partial charge >= 0.3 is 0 Å². The van der Waals surface area contributed by atoms with E-state index in [9.17, 15) is 0 Å². The van der Waals surface area contributed by atoms with E-state index in [2.05, 4.69) is 51.9 Å². The third kappa shape index (κ3) is 38.1. The largest absolute Gasteiger partial charge is 0.497 e. The zero-order valence-corrected chi connectivity index (χ0v) is 30.3. The van der Waals surface area contributed by atoms with E-state index in [0.717, 1.165) is 13.0 Å². The SMILES string of the molecule is C1=CCOC=C1.C1=COC=CC1.c1ccoc1.c1ccoc1.c1ccsc1.c1cnsc1.c1cocn1.c1cocn1.c1conn1.c1cscn1. The van der Waals surface area contributed by atoms with Gasteiger partial charge in [0.05, 0.1) is 67.9 Å². The van der Waals surface area contributed by atoms with E-state index in [4.69, 9.17) is 9.47 Å². The monoisotopic (exact) mass is 762 g/mol. The van der Waals surface area contributed by atoms with Gasteiger partial charge in [-0.05, 0) is 83.3 Å². The lowest BCUT2D eigenvalue weighted by atomic mass is 10.4. The number of thiazole rings is 1. The number of allylic oxidation sites excluding steroid dienone is 4. The number of hydrogen-bond donors (Lipinski definition) is 0. The topological polar surface area (TPSA) is 162 Å². The fraction of sp³-hybridized carbons (Fsp3) is 0.0556. The molecule has 10 rings (SSSR count). The summed E-state index contributed by atoms with van der Waals surface area (Å²) in [5.74, 6) is 0. The molecule has 10 heterocycles. The highest BCUT2D eigenvalue weighted by molar-refractivity contribution is 7.07. The predicted molar refractivity (Wildman–Crippen MR) is 201 cm³/mol. The van der Waals surface area contributed by atoms with Crippen LogP contribution in [0.3, 0.4) is 0 Å². The van der Waals surface area contributed by atoms with Crippen molar-refractivity contribution in [2.75, 3.05) is 6.61 Å². The normalized spacial score (nSPS) is 10.2. The molecule has 2 aliphatic heterocycles. The van der Waals surface area contributed by atoms with Gasteiger partial charge in [0.2, 0.25) is 0 Å². The Hall–Kier alpha value is -6.36. The molecule has 8 aromatic rings. The smallest absolute Gasteiger partial charge is 0.180 e. The minimum absolute atomic E-state index is 0.733. The van der Waals surface area contributed by atoms with Gasteiger partial charge in [-0.1, -0.05) is 18.2 Å². The number of aromatic nitrogens is 6. The van der Waals surface area contributed by atoms with Crippen LogP contribution in [-0.2, 0) is 9.47 Å². The van der Waals surface area contributed by atoms with Crippen LogP contribution in [0, 0.1) is 0 Å². The van der Waals surface area contributed by atoms with Crippen molar-refractivity contribution in [3.05, 3.63) is 206 Å². The molecule has 13 nitrogen and oxygen atoms in total. The molecule has 0 saturated carbocycles. The number of thiophene rings is 1. The van der Waals surface area contributed by atoms with E-state index in [1.165, 1.54) is 49.3 Å². The van der Waals surface area contributed by atoms with Crippen molar-refractivity contribution in [1.82, 2.24) is 29.7 Å². The van der Waals surface area contributed by atoms with Gasteiger partial charge in [-0.3, -0.25) is 4.98 Å². The third-order valence-electron chi connectivity index (χ3n) is 4.18. The average molecular weight is 763 g/mol. The Bertz CT molecular complexity index is 1190. The summed E-state index contributed by atoms with van der Waals surface area (Å²) < 4.78 is 35.6. The fourth-order valence-electron chi connectivity index (χ4n) is 2.21. The zero-order valence-electron chi connectivity index (χ0n) is 27.8. The van der Waals surface area contributed by atoms with Crippen molar-refractivity contribution in [3.8, 4) is 0 Å². The second-order valence-electron chi connectivity index (χ2n) is 7.89. The van der Waals surface area contributed by atoms with Crippen LogP contribution in [0.15, 0.2) is 228 Å². The zero-order chi connectivity index (χ0) is 36.8. The molecule has 52 heavy (non-hydrogen) atoms. The second-order valence-corrected chi connectivity index (χ2v) is 10.2. The number of furan rings is 2. The molecule has 0 saturated heterocycles. The molecule has 8 aromatic heterocycles. The van der Waals surface area contributed by atoms with Crippen molar-refractivity contribution in [2.45, 2.75) is 6.42 Å². The minimum atomic E-state index is 0.733. The van der Waals surface area contributed by atoms with Crippen molar-refractivity contribution in [1.29, 1.82) is 0 Å². The van der Waals surface area contributed by atoms with E-state index in [1.54, 1.807) is 96.8 Å². The van der Waals surface area contributed by atoms with Gasteiger partial charge in [-0.25, -0.2) is 14.3 Å². The fourth-order valence-corrected chi connectivity index (χ4v) is 3.37. The van der Waals surface area contributed by atoms with Crippen molar-refractivity contribution < 1.29 is 31.7 Å². The summed E-state index contributed by atoms with van der Waals surface area (Å²) >= 11 is 4.78. The maximum Gasteiger partial charge on any atom is 0.180 e. The molecule has 0 bridgehead atoms. The number of ether oxygens (including phenoxy) is 2. The Morgan fingerprint density at radius 3 is 1.35 bits per heavy atom. The Kier molecular flexibility index (Phi) is 34.3. The van der Waals surface area contributed by atoms with Gasteiger partial charge < -0.3 is 31.7 Å². The van der Waals surface area contributed by atoms with Crippen LogP contribution in [0.25, 0.3) is 0 Å². The summed E-state index contributed by atoms with van der Waals surface area (Å²) in [6.45, 7) is 0.733. The molecule has 0 unspecified atom stereocenters. The number of rotatable bonds is 0. The minimum Gasteiger partial charge on any atom is -0.497 e. The molecule has 0 aliphatic carbocycles. The van der Waals surface area contributed by atoms with E-state index in [1.807, 2.05) is 94.4 Å². The summed E-state index contributed by atoms with van der Waals surface area (Å²) in [5.41, 5.74) is 1.79. The van der Waals surface area contributed by atoms with Gasteiger partial charge in [-0.15, -0.1) is 16.4 Å². The number of oxazole rings is 2. The molecule has 272 valence electrons. The van der Waals surface area contributed by atoms with Crippen LogP contribution < -0.4 is 0 Å². The van der Waals surface area contributed by atoms with E-state index in [-0.39, 0.29) is 0 Å². The van der Waals surface area contributed by atoms with Crippen molar-refractivity contribution >= 4 is 34.2 Å². The van der Waals surface area contributed by atoms with Crippen LogP contribution in [0.4, 0.5) is 0 Å². The molecule has 0 N–H and O–H groups in total. The van der Waals surface area contributed by atoms with Crippen molar-refractivity contribution in [2.24, 2.45) is 0 Å². The molecule has 0 fully saturated rings. The van der Waals surface area contributed by atoms with Gasteiger partial charge in [0.15, 0.2) is 12.8 Å². The van der Waals surface area contributed by atoms with Crippen LogP contribution in [0.5, 0.6) is 0 Å². The molecule has 0 amide bonds. The molecule has 0 radical (unpaired) electrons. The van der Waals surface area contributed by atoms with Gasteiger partial charge in [0.1, 0.15) is 25.4 Å². The highest BCUT2D eigenvalue weighted by Gasteiger charge is 1.76. The Labute approximate surface area is 313 Å². The van der Waals surface area contributed by atoms with Crippen molar-refractivity contribution in [3.63, 3.8) is 0 Å². The first-order chi connectivity index (χ1) is 26.0. The molecule has 0 aromatic carbocycles. The quantitative estimate of drug-likeness (QED) is 0.144. The molecule has 0 atom stereocenters. The third-order valence-corrected chi connectivity index (χ3v) is 5.86. The van der Waals surface area contributed by atoms with Gasteiger partial charge in [-0.2, -0.15) is 11.3 Å². The molecule has 0 spiro atoms. The second kappa shape index (κ2) is 40.8. The van der Waals surface area contributed by atoms with Crippen LogP contribution in [0.1, 0.15) is 6.42 Å². The first-order valence-electron chi connectivity index (χ1n) is 14.8. The maximum atomic E-state index is 4.80. The van der Waals surface area contributed by atoms with E-state index >= 15 is 0 Å². The molecule has 2 aliphatic rings. The lowest BCUT2D eigenvalue weighted by molar-refractivity contribution is 0.286. The van der Waals surface area contributed by atoms with Gasteiger partial charge in [0, 0.05) is 28.4 Å². The summed E-state index contributed by atoms with van der Waals surface area (Å²) in [7, 11) is 0. The number of hydrogen-bond acceptors (Lipinski definition) is 16. The first-order valence-corrected chi connectivity index (χ1v) is 17.5. The molecule has 16 heteroatoms. The van der Waals surface area contributed by atoms with E-state index < -0.39 is 0 Å². The molecular weight excluding hydrogens is 725 g/mol. The average Bonchev–Trinajstić information content (AvgIpc) is 4.10.